The molecule has 0 aliphatic heterocycles. The summed E-state index contributed by atoms with van der Waals surface area (Å²) >= 11 is 1.59. The summed E-state index contributed by atoms with van der Waals surface area (Å²) in [6.45, 7) is 4.89. The summed E-state index contributed by atoms with van der Waals surface area (Å²) in [5, 5.41) is 1.98. The maximum atomic E-state index is 12.4. The van der Waals surface area contributed by atoms with Crippen molar-refractivity contribution in [2.24, 2.45) is 0 Å². The van der Waals surface area contributed by atoms with E-state index in [0.29, 0.717) is 30.3 Å². The van der Waals surface area contributed by atoms with Crippen LogP contribution in [0.1, 0.15) is 29.1 Å². The Morgan fingerprint density at radius 3 is 2.67 bits per heavy atom. The molecule has 0 aliphatic carbocycles. The Bertz CT molecular complexity index is 615. The van der Waals surface area contributed by atoms with Crippen molar-refractivity contribution in [3.8, 4) is 11.5 Å². The van der Waals surface area contributed by atoms with Crippen molar-refractivity contribution in [1.29, 1.82) is 0 Å². The second-order valence-electron chi connectivity index (χ2n) is 4.24. The van der Waals surface area contributed by atoms with Crippen molar-refractivity contribution in [3.63, 3.8) is 0 Å². The fourth-order valence-electron chi connectivity index (χ4n) is 1.87. The number of hydrogen-bond acceptors (Lipinski definition) is 4. The van der Waals surface area contributed by atoms with Gasteiger partial charge in [0.25, 0.3) is 0 Å². The average molecular weight is 302 g/mol. The van der Waals surface area contributed by atoms with Crippen LogP contribution in [0.3, 0.4) is 0 Å². The highest BCUT2D eigenvalue weighted by atomic mass is 32.1. The van der Waals surface area contributed by atoms with E-state index in [-0.39, 0.29) is 5.78 Å². The summed E-state index contributed by atoms with van der Waals surface area (Å²) in [5.41, 5.74) is 0.524. The minimum absolute atomic E-state index is 0.0894. The third-order valence-electron chi connectivity index (χ3n) is 2.77. The maximum Gasteiger partial charge on any atom is 0.189 e. The number of allylic oxidation sites excluding steroid dienone is 1. The van der Waals surface area contributed by atoms with E-state index in [2.05, 4.69) is 0 Å². The lowest BCUT2D eigenvalue weighted by Gasteiger charge is -2.10. The molecule has 2 aromatic rings. The highest BCUT2D eigenvalue weighted by Gasteiger charge is 2.12. The van der Waals surface area contributed by atoms with E-state index >= 15 is 0 Å². The van der Waals surface area contributed by atoms with E-state index in [0.717, 1.165) is 4.88 Å². The zero-order valence-corrected chi connectivity index (χ0v) is 13.0. The van der Waals surface area contributed by atoms with E-state index in [1.807, 2.05) is 43.5 Å². The van der Waals surface area contributed by atoms with Gasteiger partial charge in [-0.3, -0.25) is 4.79 Å². The van der Waals surface area contributed by atoms with Gasteiger partial charge in [-0.25, -0.2) is 0 Å². The van der Waals surface area contributed by atoms with Gasteiger partial charge in [-0.1, -0.05) is 6.07 Å². The van der Waals surface area contributed by atoms with Gasteiger partial charge in [0, 0.05) is 4.88 Å². The van der Waals surface area contributed by atoms with Gasteiger partial charge in [0.1, 0.15) is 11.5 Å². The summed E-state index contributed by atoms with van der Waals surface area (Å²) in [4.78, 5) is 13.4. The first-order valence-electron chi connectivity index (χ1n) is 6.90. The summed E-state index contributed by atoms with van der Waals surface area (Å²) in [7, 11) is 0. The van der Waals surface area contributed by atoms with Crippen LogP contribution in [-0.4, -0.2) is 19.0 Å². The number of carbonyl (C=O) groups is 1. The SMILES string of the molecule is CCOc1ccc(OCC)c(C(=O)C=Cc2cccs2)c1. The predicted octanol–water partition coefficient (Wildman–Crippen LogP) is 4.44. The zero-order chi connectivity index (χ0) is 15.1. The number of hydrogen-bond donors (Lipinski definition) is 0. The molecule has 0 amide bonds. The highest BCUT2D eigenvalue weighted by molar-refractivity contribution is 7.10. The zero-order valence-electron chi connectivity index (χ0n) is 12.2. The lowest BCUT2D eigenvalue weighted by molar-refractivity contribution is 0.104. The summed E-state index contributed by atoms with van der Waals surface area (Å²) < 4.78 is 11.0. The first kappa shape index (κ1) is 15.3. The maximum absolute atomic E-state index is 12.4. The molecule has 1 aromatic heterocycles. The van der Waals surface area contributed by atoms with E-state index in [1.54, 1.807) is 29.5 Å². The Morgan fingerprint density at radius 2 is 2.00 bits per heavy atom. The molecule has 0 fully saturated rings. The second-order valence-corrected chi connectivity index (χ2v) is 5.22. The molecule has 0 N–H and O–H groups in total. The van der Waals surface area contributed by atoms with Crippen molar-refractivity contribution < 1.29 is 14.3 Å². The van der Waals surface area contributed by atoms with Crippen molar-refractivity contribution in [1.82, 2.24) is 0 Å². The Labute approximate surface area is 128 Å². The second kappa shape index (κ2) is 7.64. The van der Waals surface area contributed by atoms with E-state index in [9.17, 15) is 4.79 Å². The van der Waals surface area contributed by atoms with Crippen LogP contribution < -0.4 is 9.47 Å². The van der Waals surface area contributed by atoms with Crippen LogP contribution >= 0.6 is 11.3 Å². The molecule has 0 spiro atoms. The normalized spacial score (nSPS) is 10.8. The molecule has 0 saturated carbocycles. The summed E-state index contributed by atoms with van der Waals surface area (Å²) in [5.74, 6) is 1.17. The molecule has 3 nitrogen and oxygen atoms in total. The molecule has 0 unspecified atom stereocenters. The Kier molecular flexibility index (Phi) is 5.58. The first-order valence-corrected chi connectivity index (χ1v) is 7.78. The molecule has 21 heavy (non-hydrogen) atoms. The summed E-state index contributed by atoms with van der Waals surface area (Å²) in [6, 6.07) is 9.25. The largest absolute Gasteiger partial charge is 0.494 e. The fraction of sp³-hybridized carbons (Fsp3) is 0.235. The van der Waals surface area contributed by atoms with E-state index in [4.69, 9.17) is 9.47 Å². The lowest BCUT2D eigenvalue weighted by atomic mass is 10.1. The molecule has 0 atom stereocenters. The molecule has 1 heterocycles. The van der Waals surface area contributed by atoms with Crippen LogP contribution in [0.2, 0.25) is 0 Å². The van der Waals surface area contributed by atoms with Gasteiger partial charge in [-0.05, 0) is 55.6 Å². The topological polar surface area (TPSA) is 35.5 Å². The average Bonchev–Trinajstić information content (AvgIpc) is 3.00. The fourth-order valence-corrected chi connectivity index (χ4v) is 2.49. The van der Waals surface area contributed by atoms with E-state index < -0.39 is 0 Å². The van der Waals surface area contributed by atoms with Crippen LogP contribution in [0.15, 0.2) is 41.8 Å². The van der Waals surface area contributed by atoms with Gasteiger partial charge >= 0.3 is 0 Å². The van der Waals surface area contributed by atoms with Crippen LogP contribution in [0.4, 0.5) is 0 Å². The Hall–Kier alpha value is -2.07. The smallest absolute Gasteiger partial charge is 0.189 e. The van der Waals surface area contributed by atoms with Gasteiger partial charge in [0.05, 0.1) is 18.8 Å². The van der Waals surface area contributed by atoms with Crippen LogP contribution in [-0.2, 0) is 0 Å². The molecular weight excluding hydrogens is 284 g/mol. The number of rotatable bonds is 7. The number of carbonyl (C=O) groups excluding carboxylic acids is 1. The Morgan fingerprint density at radius 1 is 1.19 bits per heavy atom. The molecule has 0 radical (unpaired) electrons. The van der Waals surface area contributed by atoms with Crippen LogP contribution in [0, 0.1) is 0 Å². The molecule has 0 aliphatic rings. The lowest BCUT2D eigenvalue weighted by Crippen LogP contribution is -2.03. The van der Waals surface area contributed by atoms with Crippen molar-refractivity contribution in [3.05, 3.63) is 52.2 Å². The highest BCUT2D eigenvalue weighted by Crippen LogP contribution is 2.25. The van der Waals surface area contributed by atoms with Crippen LogP contribution in [0.25, 0.3) is 6.08 Å². The monoisotopic (exact) mass is 302 g/mol. The Balaban J connectivity index is 2.26. The first-order chi connectivity index (χ1) is 10.2. The molecule has 1 aromatic carbocycles. The molecule has 2 rings (SSSR count). The number of thiophene rings is 1. The minimum atomic E-state index is -0.0894. The van der Waals surface area contributed by atoms with Gasteiger partial charge in [-0.2, -0.15) is 0 Å². The van der Waals surface area contributed by atoms with Crippen molar-refractivity contribution in [2.45, 2.75) is 13.8 Å². The van der Waals surface area contributed by atoms with Crippen LogP contribution in [0.5, 0.6) is 11.5 Å². The standard InChI is InChI=1S/C17H18O3S/c1-3-19-13-7-10-17(20-4-2)15(12-13)16(18)9-8-14-6-5-11-21-14/h5-12H,3-4H2,1-2H3. The molecule has 0 bridgehead atoms. The van der Waals surface area contributed by atoms with Gasteiger partial charge in [0.15, 0.2) is 5.78 Å². The number of ether oxygens (including phenoxy) is 2. The predicted molar refractivity (Wildman–Crippen MR) is 86.5 cm³/mol. The number of benzene rings is 1. The molecule has 4 heteroatoms. The molecule has 0 saturated heterocycles. The van der Waals surface area contributed by atoms with Gasteiger partial charge < -0.3 is 9.47 Å². The van der Waals surface area contributed by atoms with Gasteiger partial charge in [0.2, 0.25) is 0 Å². The summed E-state index contributed by atoms with van der Waals surface area (Å²) in [6.07, 6.45) is 3.38. The van der Waals surface area contributed by atoms with Gasteiger partial charge in [-0.15, -0.1) is 11.3 Å². The molecular formula is C17H18O3S. The van der Waals surface area contributed by atoms with Crippen molar-refractivity contribution >= 4 is 23.2 Å². The van der Waals surface area contributed by atoms with Crippen molar-refractivity contribution in [2.75, 3.05) is 13.2 Å². The van der Waals surface area contributed by atoms with E-state index in [1.165, 1.54) is 0 Å². The third kappa shape index (κ3) is 4.20. The number of ketones is 1. The minimum Gasteiger partial charge on any atom is -0.494 e. The molecule has 110 valence electrons. The third-order valence-corrected chi connectivity index (χ3v) is 3.61. The quantitative estimate of drug-likeness (QED) is 0.560.